The molecule has 1 aliphatic rings. The number of hydrogen-bond acceptors (Lipinski definition) is 2. The first-order valence-corrected chi connectivity index (χ1v) is 6.67. The van der Waals surface area contributed by atoms with E-state index in [-0.39, 0.29) is 17.5 Å². The monoisotopic (exact) mass is 251 g/mol. The first-order valence-electron chi connectivity index (χ1n) is 6.67. The summed E-state index contributed by atoms with van der Waals surface area (Å²) in [6, 6.07) is 5.57. The van der Waals surface area contributed by atoms with Crippen LogP contribution in [0.4, 0.5) is 4.39 Å². The minimum Gasteiger partial charge on any atom is -0.376 e. The molecular formula is C15H22FNO. The van der Waals surface area contributed by atoms with Crippen LogP contribution in [0.5, 0.6) is 0 Å². The number of methoxy groups -OCH3 is 1. The topological polar surface area (TPSA) is 21.3 Å². The molecule has 1 saturated carbocycles. The molecule has 3 heteroatoms. The zero-order valence-electron chi connectivity index (χ0n) is 11.4. The minimum absolute atomic E-state index is 0.0800. The molecule has 1 fully saturated rings. The molecule has 1 unspecified atom stereocenters. The Morgan fingerprint density at radius 3 is 2.61 bits per heavy atom. The van der Waals surface area contributed by atoms with E-state index in [1.807, 2.05) is 12.1 Å². The molecule has 0 amide bonds. The normalized spacial score (nSPS) is 19.3. The third kappa shape index (κ3) is 2.29. The van der Waals surface area contributed by atoms with Crippen molar-refractivity contribution in [1.29, 1.82) is 0 Å². The van der Waals surface area contributed by atoms with E-state index in [9.17, 15) is 4.39 Å². The van der Waals surface area contributed by atoms with E-state index in [1.54, 1.807) is 20.1 Å². The Hall–Kier alpha value is -0.930. The number of hydrogen-bond donors (Lipinski definition) is 1. The Morgan fingerprint density at radius 2 is 2.17 bits per heavy atom. The Kier molecular flexibility index (Phi) is 4.03. The summed E-state index contributed by atoms with van der Waals surface area (Å²) in [6.07, 6.45) is 3.26. The fraction of sp³-hybridized carbons (Fsp3) is 0.600. The number of benzene rings is 1. The smallest absolute Gasteiger partial charge is 0.126 e. The molecule has 0 aliphatic heterocycles. The molecule has 1 aromatic carbocycles. The van der Waals surface area contributed by atoms with E-state index in [2.05, 4.69) is 12.2 Å². The van der Waals surface area contributed by atoms with E-state index in [1.165, 1.54) is 6.42 Å². The fourth-order valence-corrected chi connectivity index (χ4v) is 2.74. The van der Waals surface area contributed by atoms with Gasteiger partial charge in [-0.25, -0.2) is 4.39 Å². The third-order valence-corrected chi connectivity index (χ3v) is 4.07. The van der Waals surface area contributed by atoms with Crippen LogP contribution < -0.4 is 5.32 Å². The summed E-state index contributed by atoms with van der Waals surface area (Å²) >= 11 is 0. The molecule has 1 N–H and O–H groups in total. The van der Waals surface area contributed by atoms with Gasteiger partial charge in [0.15, 0.2) is 0 Å². The van der Waals surface area contributed by atoms with E-state index < -0.39 is 0 Å². The van der Waals surface area contributed by atoms with Gasteiger partial charge in [-0.15, -0.1) is 0 Å². The molecule has 1 aliphatic carbocycles. The Balaban J connectivity index is 2.31. The molecule has 0 radical (unpaired) electrons. The SMILES string of the molecule is CCNC(c1ccc(C)c(F)c1)C1(OC)CCC1. The Bertz CT molecular complexity index is 409. The molecule has 0 spiro atoms. The molecule has 18 heavy (non-hydrogen) atoms. The number of rotatable bonds is 5. The van der Waals surface area contributed by atoms with Gasteiger partial charge in [-0.1, -0.05) is 19.1 Å². The first kappa shape index (κ1) is 13.5. The van der Waals surface area contributed by atoms with Crippen molar-refractivity contribution in [3.63, 3.8) is 0 Å². The van der Waals surface area contributed by atoms with Gasteiger partial charge in [-0.2, -0.15) is 0 Å². The lowest BCUT2D eigenvalue weighted by Crippen LogP contribution is -2.50. The molecule has 2 nitrogen and oxygen atoms in total. The van der Waals surface area contributed by atoms with Crippen LogP contribution in [0.2, 0.25) is 0 Å². The number of aryl methyl sites for hydroxylation is 1. The van der Waals surface area contributed by atoms with Crippen molar-refractivity contribution in [1.82, 2.24) is 5.32 Å². The van der Waals surface area contributed by atoms with Crippen molar-refractivity contribution in [2.45, 2.75) is 44.8 Å². The number of nitrogens with one attached hydrogen (secondary N) is 1. The molecule has 2 rings (SSSR count). The Morgan fingerprint density at radius 1 is 1.44 bits per heavy atom. The summed E-state index contributed by atoms with van der Waals surface area (Å²) in [4.78, 5) is 0. The molecule has 0 saturated heterocycles. The first-order chi connectivity index (χ1) is 8.63. The van der Waals surface area contributed by atoms with Crippen LogP contribution in [0.15, 0.2) is 18.2 Å². The van der Waals surface area contributed by atoms with Gasteiger partial charge in [0.1, 0.15) is 5.82 Å². The van der Waals surface area contributed by atoms with Crippen LogP contribution in [0, 0.1) is 12.7 Å². The largest absolute Gasteiger partial charge is 0.376 e. The highest BCUT2D eigenvalue weighted by Crippen LogP contribution is 2.45. The van der Waals surface area contributed by atoms with Gasteiger partial charge < -0.3 is 10.1 Å². The maximum Gasteiger partial charge on any atom is 0.126 e. The maximum atomic E-state index is 13.7. The number of halogens is 1. The highest BCUT2D eigenvalue weighted by molar-refractivity contribution is 5.28. The number of ether oxygens (including phenoxy) is 1. The molecule has 0 bridgehead atoms. The van der Waals surface area contributed by atoms with Crippen LogP contribution in [-0.2, 0) is 4.74 Å². The van der Waals surface area contributed by atoms with Gasteiger partial charge in [-0.3, -0.25) is 0 Å². The second kappa shape index (κ2) is 5.37. The summed E-state index contributed by atoms with van der Waals surface area (Å²) in [5, 5.41) is 3.45. The van der Waals surface area contributed by atoms with Crippen molar-refractivity contribution in [2.75, 3.05) is 13.7 Å². The summed E-state index contributed by atoms with van der Waals surface area (Å²) in [6.45, 7) is 4.71. The van der Waals surface area contributed by atoms with E-state index in [0.29, 0.717) is 5.56 Å². The molecule has 0 aromatic heterocycles. The predicted octanol–water partition coefficient (Wildman–Crippen LogP) is 3.35. The van der Waals surface area contributed by atoms with Crippen LogP contribution >= 0.6 is 0 Å². The zero-order valence-corrected chi connectivity index (χ0v) is 11.4. The van der Waals surface area contributed by atoms with Gasteiger partial charge in [0.2, 0.25) is 0 Å². The summed E-state index contributed by atoms with van der Waals surface area (Å²) in [5.41, 5.74) is 1.52. The lowest BCUT2D eigenvalue weighted by molar-refractivity contribution is -0.0995. The summed E-state index contributed by atoms with van der Waals surface area (Å²) < 4.78 is 19.5. The van der Waals surface area contributed by atoms with Gasteiger partial charge in [0, 0.05) is 7.11 Å². The standard InChI is InChI=1S/C15H22FNO/c1-4-17-14(15(18-3)8-5-9-15)12-7-6-11(2)13(16)10-12/h6-7,10,14,17H,4-5,8-9H2,1-3H3. The highest BCUT2D eigenvalue weighted by Gasteiger charge is 2.44. The minimum atomic E-state index is -0.155. The van der Waals surface area contributed by atoms with Crippen molar-refractivity contribution >= 4 is 0 Å². The third-order valence-electron chi connectivity index (χ3n) is 4.07. The molecule has 1 aromatic rings. The van der Waals surface area contributed by atoms with E-state index >= 15 is 0 Å². The second-order valence-corrected chi connectivity index (χ2v) is 5.12. The van der Waals surface area contributed by atoms with Crippen molar-refractivity contribution in [3.8, 4) is 0 Å². The molecule has 0 heterocycles. The molecular weight excluding hydrogens is 229 g/mol. The summed E-state index contributed by atoms with van der Waals surface area (Å²) in [5.74, 6) is -0.138. The van der Waals surface area contributed by atoms with Gasteiger partial charge in [0.25, 0.3) is 0 Å². The molecule has 100 valence electrons. The number of likely N-dealkylation sites (N-methyl/N-ethyl adjacent to an activating group) is 1. The quantitative estimate of drug-likeness (QED) is 0.866. The van der Waals surface area contributed by atoms with E-state index in [0.717, 1.165) is 24.9 Å². The van der Waals surface area contributed by atoms with Crippen LogP contribution in [0.1, 0.15) is 43.4 Å². The lowest BCUT2D eigenvalue weighted by Gasteiger charge is -2.47. The fourth-order valence-electron chi connectivity index (χ4n) is 2.74. The Labute approximate surface area is 109 Å². The lowest BCUT2D eigenvalue weighted by atomic mass is 9.72. The average molecular weight is 251 g/mol. The van der Waals surface area contributed by atoms with Crippen LogP contribution in [0.3, 0.4) is 0 Å². The van der Waals surface area contributed by atoms with Crippen LogP contribution in [-0.4, -0.2) is 19.3 Å². The van der Waals surface area contributed by atoms with Gasteiger partial charge >= 0.3 is 0 Å². The molecule has 1 atom stereocenters. The van der Waals surface area contributed by atoms with Gasteiger partial charge in [0.05, 0.1) is 11.6 Å². The highest BCUT2D eigenvalue weighted by atomic mass is 19.1. The maximum absolute atomic E-state index is 13.7. The van der Waals surface area contributed by atoms with Gasteiger partial charge in [-0.05, 0) is 49.9 Å². The van der Waals surface area contributed by atoms with Crippen molar-refractivity contribution < 1.29 is 9.13 Å². The second-order valence-electron chi connectivity index (χ2n) is 5.12. The van der Waals surface area contributed by atoms with E-state index in [4.69, 9.17) is 4.74 Å². The van der Waals surface area contributed by atoms with Crippen molar-refractivity contribution in [2.24, 2.45) is 0 Å². The predicted molar refractivity (Wildman–Crippen MR) is 71.1 cm³/mol. The average Bonchev–Trinajstić information content (AvgIpc) is 2.31. The zero-order chi connectivity index (χ0) is 13.2. The summed E-state index contributed by atoms with van der Waals surface area (Å²) in [7, 11) is 1.76. The van der Waals surface area contributed by atoms with Crippen molar-refractivity contribution in [3.05, 3.63) is 35.1 Å². The van der Waals surface area contributed by atoms with Crippen LogP contribution in [0.25, 0.3) is 0 Å².